The molecule has 0 radical (unpaired) electrons. The Bertz CT molecular complexity index is 318. The summed E-state index contributed by atoms with van der Waals surface area (Å²) in [6.07, 6.45) is 2.79. The quantitative estimate of drug-likeness (QED) is 0.684. The molecule has 3 unspecified atom stereocenters. The fraction of sp³-hybridized carbons (Fsp3) is 0.857. The molecule has 3 atom stereocenters. The lowest BCUT2D eigenvalue weighted by Gasteiger charge is -2.31. The first-order valence-electron chi connectivity index (χ1n) is 7.20. The van der Waals surface area contributed by atoms with Crippen molar-refractivity contribution in [2.24, 2.45) is 23.5 Å². The second-order valence-electron chi connectivity index (χ2n) is 6.10. The third kappa shape index (κ3) is 5.59. The van der Waals surface area contributed by atoms with Gasteiger partial charge in [0.25, 0.3) is 0 Å². The molecule has 0 saturated heterocycles. The van der Waals surface area contributed by atoms with Gasteiger partial charge in [0.2, 0.25) is 11.8 Å². The zero-order chi connectivity index (χ0) is 14.4. The second-order valence-corrected chi connectivity index (χ2v) is 6.10. The van der Waals surface area contributed by atoms with Crippen molar-refractivity contribution in [1.82, 2.24) is 10.6 Å². The summed E-state index contributed by atoms with van der Waals surface area (Å²) in [7, 11) is 0. The lowest BCUT2D eigenvalue weighted by molar-refractivity contribution is -0.130. The summed E-state index contributed by atoms with van der Waals surface area (Å²) in [4.78, 5) is 23.5. The first kappa shape index (κ1) is 16.0. The van der Waals surface area contributed by atoms with E-state index in [1.807, 2.05) is 13.8 Å². The van der Waals surface area contributed by atoms with E-state index in [0.29, 0.717) is 18.4 Å². The van der Waals surface area contributed by atoms with Gasteiger partial charge in [-0.15, -0.1) is 0 Å². The number of rotatable bonds is 5. The topological polar surface area (TPSA) is 84.2 Å². The number of amides is 2. The second kappa shape index (κ2) is 7.48. The molecule has 0 aromatic heterocycles. The summed E-state index contributed by atoms with van der Waals surface area (Å²) in [5.74, 6) is 0.567. The van der Waals surface area contributed by atoms with Crippen molar-refractivity contribution < 1.29 is 9.59 Å². The number of nitrogens with two attached hydrogens (primary N) is 1. The Balaban J connectivity index is 2.32. The van der Waals surface area contributed by atoms with Crippen LogP contribution in [-0.4, -0.2) is 30.9 Å². The molecular weight excluding hydrogens is 242 g/mol. The van der Waals surface area contributed by atoms with Crippen LogP contribution in [0.3, 0.4) is 0 Å². The summed E-state index contributed by atoms with van der Waals surface area (Å²) < 4.78 is 0. The Morgan fingerprint density at radius 3 is 2.58 bits per heavy atom. The van der Waals surface area contributed by atoms with Gasteiger partial charge in [-0.25, -0.2) is 0 Å². The summed E-state index contributed by atoms with van der Waals surface area (Å²) in [6, 6.07) is -0.0741. The van der Waals surface area contributed by atoms with Gasteiger partial charge < -0.3 is 16.4 Å². The summed E-state index contributed by atoms with van der Waals surface area (Å²) in [6.45, 7) is 6.88. The first-order chi connectivity index (χ1) is 8.90. The van der Waals surface area contributed by atoms with E-state index in [0.717, 1.165) is 19.3 Å². The predicted molar refractivity (Wildman–Crippen MR) is 75.3 cm³/mol. The molecule has 4 N–H and O–H groups in total. The van der Waals surface area contributed by atoms with Crippen molar-refractivity contribution in [3.8, 4) is 0 Å². The van der Waals surface area contributed by atoms with Gasteiger partial charge in [0.1, 0.15) is 0 Å². The molecule has 110 valence electrons. The molecule has 0 aromatic rings. The normalized spacial score (nSPS) is 27.1. The highest BCUT2D eigenvalue weighted by Gasteiger charge is 2.31. The van der Waals surface area contributed by atoms with Gasteiger partial charge in [-0.2, -0.15) is 0 Å². The number of hydrogen-bond acceptors (Lipinski definition) is 3. The minimum absolute atomic E-state index is 0.0448. The lowest BCUT2D eigenvalue weighted by atomic mass is 9.79. The Kier molecular flexibility index (Phi) is 6.28. The maximum Gasteiger partial charge on any atom is 0.239 e. The molecule has 1 aliphatic carbocycles. The Labute approximate surface area is 115 Å². The highest BCUT2D eigenvalue weighted by molar-refractivity contribution is 5.86. The van der Waals surface area contributed by atoms with Crippen molar-refractivity contribution in [3.05, 3.63) is 0 Å². The van der Waals surface area contributed by atoms with Crippen molar-refractivity contribution in [3.63, 3.8) is 0 Å². The van der Waals surface area contributed by atoms with Crippen LogP contribution in [0.2, 0.25) is 0 Å². The van der Waals surface area contributed by atoms with Crippen molar-refractivity contribution in [2.45, 2.75) is 46.1 Å². The molecule has 1 saturated carbocycles. The van der Waals surface area contributed by atoms with Crippen LogP contribution >= 0.6 is 0 Å². The van der Waals surface area contributed by atoms with E-state index < -0.39 is 0 Å². The van der Waals surface area contributed by atoms with Gasteiger partial charge in [0, 0.05) is 12.6 Å². The zero-order valence-electron chi connectivity index (χ0n) is 12.2. The highest BCUT2D eigenvalue weighted by atomic mass is 16.2. The van der Waals surface area contributed by atoms with E-state index in [4.69, 9.17) is 5.73 Å². The van der Waals surface area contributed by atoms with E-state index in [1.54, 1.807) is 0 Å². The molecule has 0 aromatic carbocycles. The average molecular weight is 269 g/mol. The number of carbonyl (C=O) groups excluding carboxylic acids is 2. The number of nitrogens with one attached hydrogen (secondary N) is 2. The maximum absolute atomic E-state index is 12.0. The van der Waals surface area contributed by atoms with E-state index in [1.165, 1.54) is 0 Å². The molecule has 2 amide bonds. The Hall–Kier alpha value is -1.10. The van der Waals surface area contributed by atoms with Gasteiger partial charge in [0.05, 0.1) is 12.5 Å². The van der Waals surface area contributed by atoms with Crippen LogP contribution in [0.4, 0.5) is 0 Å². The van der Waals surface area contributed by atoms with Crippen LogP contribution in [-0.2, 0) is 9.59 Å². The molecule has 0 bridgehead atoms. The molecular formula is C14H27N3O2. The minimum Gasteiger partial charge on any atom is -0.354 e. The maximum atomic E-state index is 12.0. The number of carbonyl (C=O) groups is 2. The van der Waals surface area contributed by atoms with Gasteiger partial charge in [0.15, 0.2) is 0 Å². The molecule has 1 rings (SSSR count). The largest absolute Gasteiger partial charge is 0.354 e. The van der Waals surface area contributed by atoms with E-state index >= 15 is 0 Å². The van der Waals surface area contributed by atoms with Gasteiger partial charge in [-0.05, 0) is 31.1 Å². The monoisotopic (exact) mass is 269 g/mol. The Morgan fingerprint density at radius 2 is 1.95 bits per heavy atom. The van der Waals surface area contributed by atoms with Crippen LogP contribution < -0.4 is 16.4 Å². The molecule has 0 aliphatic heterocycles. The highest BCUT2D eigenvalue weighted by Crippen LogP contribution is 2.27. The third-order valence-corrected chi connectivity index (χ3v) is 3.63. The molecule has 5 nitrogen and oxygen atoms in total. The number of hydrogen-bond donors (Lipinski definition) is 3. The fourth-order valence-corrected chi connectivity index (χ4v) is 2.38. The van der Waals surface area contributed by atoms with Crippen LogP contribution in [0.15, 0.2) is 0 Å². The molecule has 0 heterocycles. The van der Waals surface area contributed by atoms with Crippen molar-refractivity contribution in [1.29, 1.82) is 0 Å². The Morgan fingerprint density at radius 1 is 1.26 bits per heavy atom. The molecule has 0 spiro atoms. The summed E-state index contributed by atoms with van der Waals surface area (Å²) in [5, 5.41) is 5.47. The summed E-state index contributed by atoms with van der Waals surface area (Å²) in [5.41, 5.74) is 5.99. The van der Waals surface area contributed by atoms with Crippen LogP contribution in [0.1, 0.15) is 40.0 Å². The fourth-order valence-electron chi connectivity index (χ4n) is 2.38. The molecule has 19 heavy (non-hydrogen) atoms. The van der Waals surface area contributed by atoms with Crippen molar-refractivity contribution >= 4 is 11.8 Å². The first-order valence-corrected chi connectivity index (χ1v) is 7.20. The van der Waals surface area contributed by atoms with Gasteiger partial charge >= 0.3 is 0 Å². The standard InChI is InChI=1S/C14H27N3O2/c1-9(2)7-16-13(18)8-17-14(19)11-6-10(3)4-5-12(11)15/h9-12H,4-8,15H2,1-3H3,(H,16,18)(H,17,19). The summed E-state index contributed by atoms with van der Waals surface area (Å²) >= 11 is 0. The average Bonchev–Trinajstić information content (AvgIpc) is 2.36. The van der Waals surface area contributed by atoms with Crippen molar-refractivity contribution in [2.75, 3.05) is 13.1 Å². The third-order valence-electron chi connectivity index (χ3n) is 3.63. The van der Waals surface area contributed by atoms with Crippen LogP contribution in [0.5, 0.6) is 0 Å². The van der Waals surface area contributed by atoms with E-state index in [9.17, 15) is 9.59 Å². The predicted octanol–water partition coefficient (Wildman–Crippen LogP) is 0.638. The molecule has 5 heteroatoms. The molecule has 1 fully saturated rings. The molecule has 1 aliphatic rings. The smallest absolute Gasteiger partial charge is 0.239 e. The van der Waals surface area contributed by atoms with E-state index in [2.05, 4.69) is 17.6 Å². The van der Waals surface area contributed by atoms with Crippen LogP contribution in [0, 0.1) is 17.8 Å². The minimum atomic E-state index is -0.151. The zero-order valence-corrected chi connectivity index (χ0v) is 12.2. The van der Waals surface area contributed by atoms with E-state index in [-0.39, 0.29) is 30.3 Å². The van der Waals surface area contributed by atoms with Gasteiger partial charge in [-0.3, -0.25) is 9.59 Å². The van der Waals surface area contributed by atoms with Crippen LogP contribution in [0.25, 0.3) is 0 Å². The SMILES string of the molecule is CC(C)CNC(=O)CNC(=O)C1CC(C)CCC1N. The lowest BCUT2D eigenvalue weighted by Crippen LogP contribution is -2.47. The van der Waals surface area contributed by atoms with Gasteiger partial charge in [-0.1, -0.05) is 20.8 Å².